The van der Waals surface area contributed by atoms with Crippen LogP contribution in [0.3, 0.4) is 0 Å². The summed E-state index contributed by atoms with van der Waals surface area (Å²) in [5.41, 5.74) is 0. The lowest BCUT2D eigenvalue weighted by atomic mass is 10.2. The molecule has 0 aromatic rings. The van der Waals surface area contributed by atoms with Gasteiger partial charge < -0.3 is 237 Å². The molecule has 14 N–H and O–H groups in total. The summed E-state index contributed by atoms with van der Waals surface area (Å²) in [6.07, 6.45) is 0.431. The Kier molecular flexibility index (Phi) is 78.5. The zero-order chi connectivity index (χ0) is 97.5. The number of aliphatic hydroxyl groups is 14. The van der Waals surface area contributed by atoms with Gasteiger partial charge in [-0.1, -0.05) is 0 Å². The monoisotopic (exact) mass is 1920 g/mol. The Morgan fingerprint density at radius 2 is 0.244 bits per heavy atom. The highest BCUT2D eigenvalue weighted by Crippen LogP contribution is 2.24. The fraction of sp³-hybridized carbons (Fsp3) is 1.00. The molecule has 0 aromatic heterocycles. The van der Waals surface area contributed by atoms with Crippen LogP contribution in [0.2, 0.25) is 0 Å². The number of rotatable bonds is 105. The molecule has 0 amide bonds. The van der Waals surface area contributed by atoms with E-state index in [4.69, 9.17) is 61.9 Å². The summed E-state index contributed by atoms with van der Waals surface area (Å²) in [6.45, 7) is -18.5. The van der Waals surface area contributed by atoms with Crippen LogP contribution in [0.25, 0.3) is 0 Å². The summed E-state index contributed by atoms with van der Waals surface area (Å²) in [4.78, 5) is 1.77. The molecule has 0 rings (SSSR count). The summed E-state index contributed by atoms with van der Waals surface area (Å²) in [6, 6.07) is 0. The van der Waals surface area contributed by atoms with E-state index < -0.39 is 189 Å². The predicted molar refractivity (Wildman–Crippen MR) is 483 cm³/mol. The van der Waals surface area contributed by atoms with Crippen molar-refractivity contribution >= 4 is 0 Å². The van der Waals surface area contributed by atoms with Gasteiger partial charge in [-0.15, -0.1) is 0 Å². The second kappa shape index (κ2) is 79.7. The Morgan fingerprint density at radius 1 is 0.122 bits per heavy atom. The molecule has 0 bridgehead atoms. The maximum atomic E-state index is 16.7. The van der Waals surface area contributed by atoms with Crippen molar-refractivity contribution in [2.45, 2.75) is 51.4 Å². The zero-order valence-electron chi connectivity index (χ0n) is 79.0. The van der Waals surface area contributed by atoms with Crippen LogP contribution >= 0.6 is 0 Å². The van der Waals surface area contributed by atoms with Crippen molar-refractivity contribution in [3.05, 3.63) is 57.3 Å². The second-order valence-corrected chi connectivity index (χ2v) is 33.7. The number of nitrogens with zero attached hydrogens (tertiary/aromatic N) is 12. The highest BCUT2D eigenvalue weighted by atomic mass is 16.6. The van der Waals surface area contributed by atoms with Crippen LogP contribution < -0.4 is 0 Å². The molecule has 0 saturated heterocycles. The smallest absolute Gasteiger partial charge is 0.129 e. The average Bonchev–Trinajstić information content (AvgIpc) is 0.822. The summed E-state index contributed by atoms with van der Waals surface area (Å²) in [5, 5.41) is 307. The summed E-state index contributed by atoms with van der Waals surface area (Å²) < 4.78 is 53.7. The van der Waals surface area contributed by atoms with E-state index in [-0.39, 0.29) is 400 Å². The molecular weight excluding hydrogens is 1740 g/mol. The molecule has 0 heterocycles. The number of quaternary nitrogens is 11. The van der Waals surface area contributed by atoms with Crippen LogP contribution in [0.4, 0.5) is 0 Å². The van der Waals surface area contributed by atoms with Gasteiger partial charge in [0.2, 0.25) is 0 Å². The molecule has 0 radical (unpaired) electrons. The first-order chi connectivity index (χ1) is 62.8. The van der Waals surface area contributed by atoms with Crippen LogP contribution in [0, 0.1) is 57.3 Å². The van der Waals surface area contributed by atoms with E-state index in [1.54, 1.807) is 4.90 Å². The van der Waals surface area contributed by atoms with Crippen LogP contribution in [-0.4, -0.2) is 614 Å². The van der Waals surface area contributed by atoms with Gasteiger partial charge in [-0.05, 0) is 6.42 Å². The third kappa shape index (κ3) is 68.7. The maximum Gasteiger partial charge on any atom is 0.129 e. The number of hydrogen-bond acceptors (Lipinski definition) is 38. The fourth-order valence-corrected chi connectivity index (χ4v) is 14.5. The average molecular weight is 1920 g/mol. The largest absolute Gasteiger partial charge is 0.633 e. The minimum absolute atomic E-state index is 0.000157. The van der Waals surface area contributed by atoms with Gasteiger partial charge in [0.1, 0.15) is 157 Å². The Balaban J connectivity index is 9.11. The lowest BCUT2D eigenvalue weighted by Gasteiger charge is -2.54. The highest BCUT2D eigenvalue weighted by Gasteiger charge is 2.37. The van der Waals surface area contributed by atoms with Crippen LogP contribution in [0.15, 0.2) is 0 Å². The van der Waals surface area contributed by atoms with E-state index in [0.717, 1.165) is 0 Å². The van der Waals surface area contributed by atoms with E-state index in [1.807, 2.05) is 0 Å². The Hall–Kier alpha value is -1.96. The van der Waals surface area contributed by atoms with Gasteiger partial charge in [-0.3, -0.25) is 4.90 Å². The van der Waals surface area contributed by atoms with E-state index in [2.05, 4.69) is 0 Å². The molecule has 9 atom stereocenters. The summed E-state index contributed by atoms with van der Waals surface area (Å²) >= 11 is 0. The Labute approximate surface area is 776 Å². The molecular formula is C82H178N12O37. The van der Waals surface area contributed by atoms with Crippen molar-refractivity contribution in [1.82, 2.24) is 4.90 Å². The first-order valence-corrected chi connectivity index (χ1v) is 47.2. The van der Waals surface area contributed by atoms with E-state index in [1.165, 1.54) is 0 Å². The third-order valence-corrected chi connectivity index (χ3v) is 23.1. The second-order valence-electron chi connectivity index (χ2n) is 33.7. The van der Waals surface area contributed by atoms with Crippen molar-refractivity contribution in [2.75, 3.05) is 487 Å². The van der Waals surface area contributed by atoms with E-state index in [0.29, 0.717) is 0 Å². The van der Waals surface area contributed by atoms with Crippen molar-refractivity contribution in [2.24, 2.45) is 0 Å². The van der Waals surface area contributed by atoms with Crippen LogP contribution in [-0.2, 0) is 56.8 Å². The highest BCUT2D eigenvalue weighted by molar-refractivity contribution is 4.66. The molecule has 0 spiro atoms. The first kappa shape index (κ1) is 129. The fourth-order valence-electron chi connectivity index (χ4n) is 14.5. The molecule has 0 aliphatic carbocycles. The summed E-state index contributed by atoms with van der Waals surface area (Å²) in [5.74, 6) is 0. The van der Waals surface area contributed by atoms with E-state index >= 15 is 36.5 Å². The molecule has 49 nitrogen and oxygen atoms in total. The van der Waals surface area contributed by atoms with Crippen molar-refractivity contribution < 1.29 is 179 Å². The quantitative estimate of drug-likeness (QED) is 0.0153. The minimum Gasteiger partial charge on any atom is -0.633 e. The Bertz CT molecular complexity index is 2540. The molecule has 131 heavy (non-hydrogen) atoms. The van der Waals surface area contributed by atoms with Gasteiger partial charge in [-0.25, -0.2) is 0 Å². The lowest BCUT2D eigenvalue weighted by Crippen LogP contribution is -2.64. The van der Waals surface area contributed by atoms with E-state index in [9.17, 15) is 87.2 Å². The SMILES string of the molecule is [O-][N+](CCCO)(CCCO)CCN(CCCO)CC[N+]([O-])(CC[N+]([O-])(CCOCCOCCO)CC[N+]([O-])(CCCO)CCOCCOCCO)CC[N+]([O-])(CC[N+]([O-])(CCCO)CCOCCOCCO)CC[N+]([O-])(CCOCCOCCO)CC[N+]([O-])(CC[N+]([O-])(CCCO)CCCO)CC[N+]([O-])(CCOCCOCCO)CC[N+]([O-])(CCCO)CCOCCOCCO. The third-order valence-electron chi connectivity index (χ3n) is 23.1. The van der Waals surface area contributed by atoms with Gasteiger partial charge in [-0.2, -0.15) is 0 Å². The number of hydroxylamine groups is 33. The molecule has 0 aliphatic heterocycles. The predicted octanol–water partition coefficient (Wildman–Crippen LogP) is -6.04. The Morgan fingerprint density at radius 3 is 0.397 bits per heavy atom. The molecule has 0 saturated carbocycles. The molecule has 9 unspecified atom stereocenters. The van der Waals surface area contributed by atoms with Crippen molar-refractivity contribution in [1.29, 1.82) is 0 Å². The topological polar surface area (TPSA) is 651 Å². The van der Waals surface area contributed by atoms with Crippen molar-refractivity contribution in [3.8, 4) is 0 Å². The molecule has 0 aliphatic rings. The van der Waals surface area contributed by atoms with Gasteiger partial charge in [0, 0.05) is 117 Å². The summed E-state index contributed by atoms with van der Waals surface area (Å²) in [7, 11) is 0. The molecule has 49 heteroatoms. The van der Waals surface area contributed by atoms with Gasteiger partial charge in [0.15, 0.2) is 0 Å². The lowest BCUT2D eigenvalue weighted by molar-refractivity contribution is -0.993. The normalized spacial score (nSPS) is 16.7. The molecule has 0 aromatic carbocycles. The minimum atomic E-state index is -1.48. The maximum absolute atomic E-state index is 16.7. The number of hydrogen-bond donors (Lipinski definition) is 14. The number of aliphatic hydroxyl groups excluding tert-OH is 14. The number of ether oxygens (including phenoxy) is 12. The van der Waals surface area contributed by atoms with Crippen molar-refractivity contribution in [3.63, 3.8) is 0 Å². The van der Waals surface area contributed by atoms with Crippen LogP contribution in [0.5, 0.6) is 0 Å². The first-order valence-electron chi connectivity index (χ1n) is 47.2. The molecule has 0 fully saturated rings. The standard InChI is InChI=1S/C82H178N12O37/c95-45-1-9-83(10-19-84(109,12-2-46-96)13-3-47-97)11-20-89(114,26-35-92(117,42-62-123-74-80-129-68-56-106)33-23-87(112,17-7-51-101)40-60-121-72-78-127-66-54-104)25-29-91(116,28-22-86(111,16-6-50-100)39-59-120-71-77-126-65-53-103)32-38-94(119,44-64-125-76-82-131-70-58-108)37-31-90(115,27-21-85(110,14-4-48-98)15-5-49-99)30-36-93(118,43-63-124-75-81-130-69-57-107)34-24-88(113,18-8-52-102)41-61-122-73-79-128-67-55-105/h95-108H,1-82H2. The zero-order valence-corrected chi connectivity index (χ0v) is 79.0. The molecule has 788 valence electrons. The van der Waals surface area contributed by atoms with Gasteiger partial charge in [0.05, 0.1) is 257 Å². The van der Waals surface area contributed by atoms with Gasteiger partial charge >= 0.3 is 0 Å². The van der Waals surface area contributed by atoms with Crippen LogP contribution in [0.1, 0.15) is 51.4 Å². The van der Waals surface area contributed by atoms with Gasteiger partial charge in [0.25, 0.3) is 0 Å².